The van der Waals surface area contributed by atoms with Gasteiger partial charge in [-0.25, -0.2) is 13.1 Å². The topological polar surface area (TPSA) is 75.7 Å². The second kappa shape index (κ2) is 8.91. The summed E-state index contributed by atoms with van der Waals surface area (Å²) in [5.74, 6) is 0.314. The number of carbonyl (C=O) groups is 1. The van der Waals surface area contributed by atoms with Crippen LogP contribution in [-0.4, -0.2) is 27.0 Å². The van der Waals surface area contributed by atoms with Gasteiger partial charge in [-0.1, -0.05) is 48.5 Å². The fourth-order valence-corrected chi connectivity index (χ4v) is 4.75. The van der Waals surface area contributed by atoms with Crippen LogP contribution in [0.4, 0.5) is 5.69 Å². The number of nitrogens with one attached hydrogen (secondary N) is 1. The molecule has 1 aliphatic heterocycles. The molecule has 0 saturated carbocycles. The third-order valence-electron chi connectivity index (χ3n) is 5.28. The highest BCUT2D eigenvalue weighted by molar-refractivity contribution is 7.89. The quantitative estimate of drug-likeness (QED) is 0.615. The summed E-state index contributed by atoms with van der Waals surface area (Å²) >= 11 is 0. The Labute approximate surface area is 182 Å². The number of carbonyl (C=O) groups excluding carboxylic acids is 1. The van der Waals surface area contributed by atoms with Gasteiger partial charge in [0.1, 0.15) is 5.75 Å². The maximum atomic E-state index is 12.7. The van der Waals surface area contributed by atoms with E-state index in [0.29, 0.717) is 5.75 Å². The minimum absolute atomic E-state index is 0.0803. The average Bonchev–Trinajstić information content (AvgIpc) is 3.13. The van der Waals surface area contributed by atoms with Crippen LogP contribution in [0, 0.1) is 0 Å². The summed E-state index contributed by atoms with van der Waals surface area (Å²) in [6.45, 7) is 2.11. The second-order valence-corrected chi connectivity index (χ2v) is 9.28. The van der Waals surface area contributed by atoms with Gasteiger partial charge in [-0.15, -0.1) is 0 Å². The van der Waals surface area contributed by atoms with Crippen molar-refractivity contribution in [1.29, 1.82) is 0 Å². The van der Waals surface area contributed by atoms with Crippen molar-refractivity contribution >= 4 is 21.6 Å². The van der Waals surface area contributed by atoms with E-state index in [-0.39, 0.29) is 30.0 Å². The number of sulfonamides is 1. The predicted octanol–water partition coefficient (Wildman–Crippen LogP) is 3.52. The minimum atomic E-state index is -3.64. The average molecular weight is 437 g/mol. The zero-order valence-corrected chi connectivity index (χ0v) is 18.0. The number of para-hydroxylation sites is 1. The van der Waals surface area contributed by atoms with Crippen molar-refractivity contribution in [2.45, 2.75) is 30.8 Å². The molecule has 0 aromatic heterocycles. The molecule has 3 aromatic carbocycles. The number of anilines is 1. The normalized spacial score (nSPS) is 15.5. The largest absolute Gasteiger partial charge is 0.484 e. The Morgan fingerprint density at radius 3 is 2.42 bits per heavy atom. The molecule has 0 spiro atoms. The van der Waals surface area contributed by atoms with E-state index in [2.05, 4.69) is 4.72 Å². The highest BCUT2D eigenvalue weighted by atomic mass is 32.2. The first kappa shape index (κ1) is 21.1. The van der Waals surface area contributed by atoms with Crippen molar-refractivity contribution in [2.24, 2.45) is 0 Å². The summed E-state index contributed by atoms with van der Waals surface area (Å²) in [7, 11) is -3.64. The second-order valence-electron chi connectivity index (χ2n) is 7.52. The van der Waals surface area contributed by atoms with Crippen LogP contribution < -0.4 is 14.4 Å². The molecule has 1 N–H and O–H groups in total. The lowest BCUT2D eigenvalue weighted by molar-refractivity contribution is -0.120. The van der Waals surface area contributed by atoms with Gasteiger partial charge in [0.25, 0.3) is 5.91 Å². The molecule has 0 bridgehead atoms. The maximum absolute atomic E-state index is 12.7. The van der Waals surface area contributed by atoms with Crippen molar-refractivity contribution in [3.8, 4) is 5.75 Å². The van der Waals surface area contributed by atoms with E-state index in [4.69, 9.17) is 4.74 Å². The van der Waals surface area contributed by atoms with Crippen molar-refractivity contribution < 1.29 is 17.9 Å². The number of hydrogen-bond acceptors (Lipinski definition) is 4. The van der Waals surface area contributed by atoms with Crippen molar-refractivity contribution in [1.82, 2.24) is 4.72 Å². The van der Waals surface area contributed by atoms with E-state index in [0.717, 1.165) is 23.2 Å². The highest BCUT2D eigenvalue weighted by Gasteiger charge is 2.30. The molecule has 0 radical (unpaired) electrons. The molecule has 0 aliphatic carbocycles. The fourth-order valence-electron chi connectivity index (χ4n) is 3.73. The Morgan fingerprint density at radius 1 is 1.00 bits per heavy atom. The Hall–Kier alpha value is -3.16. The van der Waals surface area contributed by atoms with Crippen LogP contribution in [0.1, 0.15) is 18.1 Å². The van der Waals surface area contributed by atoms with Crippen LogP contribution >= 0.6 is 0 Å². The van der Waals surface area contributed by atoms with Gasteiger partial charge in [0, 0.05) is 18.3 Å². The first-order valence-corrected chi connectivity index (χ1v) is 11.6. The lowest BCUT2D eigenvalue weighted by Gasteiger charge is -2.22. The SMILES string of the molecule is C[C@@H]1Cc2ccccc2N1C(=O)COc1ccc(S(=O)(=O)NCc2ccccc2)cc1. The summed E-state index contributed by atoms with van der Waals surface area (Å²) in [6, 6.07) is 23.3. The Bertz CT molecular complexity index is 1160. The summed E-state index contributed by atoms with van der Waals surface area (Å²) < 4.78 is 33.2. The maximum Gasteiger partial charge on any atom is 0.265 e. The molecule has 160 valence electrons. The third kappa shape index (κ3) is 4.78. The summed E-state index contributed by atoms with van der Waals surface area (Å²) in [5.41, 5.74) is 2.96. The van der Waals surface area contributed by atoms with E-state index in [9.17, 15) is 13.2 Å². The van der Waals surface area contributed by atoms with E-state index in [1.54, 1.807) is 17.0 Å². The van der Waals surface area contributed by atoms with Gasteiger partial charge in [0.2, 0.25) is 10.0 Å². The van der Waals surface area contributed by atoms with Gasteiger partial charge in [0.05, 0.1) is 4.90 Å². The molecule has 7 heteroatoms. The van der Waals surface area contributed by atoms with E-state index >= 15 is 0 Å². The van der Waals surface area contributed by atoms with Gasteiger partial charge in [-0.3, -0.25) is 4.79 Å². The first-order valence-electron chi connectivity index (χ1n) is 10.1. The van der Waals surface area contributed by atoms with Crippen LogP contribution in [0.15, 0.2) is 83.8 Å². The minimum Gasteiger partial charge on any atom is -0.484 e. The number of amides is 1. The molecule has 1 aliphatic rings. The van der Waals surface area contributed by atoms with Crippen LogP contribution in [0.3, 0.4) is 0 Å². The number of ether oxygens (including phenoxy) is 1. The first-order chi connectivity index (χ1) is 14.9. The van der Waals surface area contributed by atoms with Crippen molar-refractivity contribution in [3.63, 3.8) is 0 Å². The van der Waals surface area contributed by atoms with Gasteiger partial charge in [-0.2, -0.15) is 0 Å². The van der Waals surface area contributed by atoms with Crippen LogP contribution in [-0.2, 0) is 27.8 Å². The van der Waals surface area contributed by atoms with Crippen LogP contribution in [0.5, 0.6) is 5.75 Å². The fraction of sp³-hybridized carbons (Fsp3) is 0.208. The Kier molecular flexibility index (Phi) is 6.06. The number of benzene rings is 3. The number of hydrogen-bond donors (Lipinski definition) is 1. The van der Waals surface area contributed by atoms with Crippen molar-refractivity contribution in [2.75, 3.05) is 11.5 Å². The number of fused-ring (bicyclic) bond motifs is 1. The van der Waals surface area contributed by atoms with E-state index < -0.39 is 10.0 Å². The number of nitrogens with zero attached hydrogens (tertiary/aromatic N) is 1. The zero-order chi connectivity index (χ0) is 21.8. The van der Waals surface area contributed by atoms with E-state index in [1.807, 2.05) is 61.5 Å². The third-order valence-corrected chi connectivity index (χ3v) is 6.70. The Morgan fingerprint density at radius 2 is 1.68 bits per heavy atom. The Balaban J connectivity index is 1.36. The molecule has 1 heterocycles. The molecule has 0 fully saturated rings. The predicted molar refractivity (Wildman–Crippen MR) is 119 cm³/mol. The molecule has 3 aromatic rings. The highest BCUT2D eigenvalue weighted by Crippen LogP contribution is 2.31. The van der Waals surface area contributed by atoms with Gasteiger partial charge in [-0.05, 0) is 54.8 Å². The summed E-state index contributed by atoms with van der Waals surface area (Å²) in [5, 5.41) is 0. The molecule has 4 rings (SSSR count). The lowest BCUT2D eigenvalue weighted by Crippen LogP contribution is -2.39. The van der Waals surface area contributed by atoms with Crippen molar-refractivity contribution in [3.05, 3.63) is 90.0 Å². The molecule has 1 atom stereocenters. The standard InChI is InChI=1S/C24H24N2O4S/c1-18-15-20-9-5-6-10-23(20)26(18)24(27)17-30-21-11-13-22(14-12-21)31(28,29)25-16-19-7-3-2-4-8-19/h2-14,18,25H,15-17H2,1H3/t18-/m1/s1. The molecule has 0 unspecified atom stereocenters. The summed E-state index contributed by atoms with van der Waals surface area (Å²) in [4.78, 5) is 14.6. The van der Waals surface area contributed by atoms with Gasteiger partial charge >= 0.3 is 0 Å². The van der Waals surface area contributed by atoms with E-state index in [1.165, 1.54) is 12.1 Å². The lowest BCUT2D eigenvalue weighted by atomic mass is 10.1. The molecule has 31 heavy (non-hydrogen) atoms. The molecular weight excluding hydrogens is 412 g/mol. The zero-order valence-electron chi connectivity index (χ0n) is 17.2. The van der Waals surface area contributed by atoms with Crippen LogP contribution in [0.25, 0.3) is 0 Å². The summed E-state index contributed by atoms with van der Waals surface area (Å²) in [6.07, 6.45) is 0.824. The smallest absolute Gasteiger partial charge is 0.265 e. The molecule has 1 amide bonds. The number of rotatable bonds is 7. The monoisotopic (exact) mass is 436 g/mol. The molecule has 6 nitrogen and oxygen atoms in total. The molecular formula is C24H24N2O4S. The van der Waals surface area contributed by atoms with Gasteiger partial charge in [0.15, 0.2) is 6.61 Å². The molecule has 0 saturated heterocycles. The van der Waals surface area contributed by atoms with Crippen LogP contribution in [0.2, 0.25) is 0 Å². The van der Waals surface area contributed by atoms with Gasteiger partial charge < -0.3 is 9.64 Å².